The molecular formula is C20H15ClN4O3. The Morgan fingerprint density at radius 1 is 1.00 bits per heavy atom. The van der Waals surface area contributed by atoms with Crippen LogP contribution in [0.3, 0.4) is 0 Å². The summed E-state index contributed by atoms with van der Waals surface area (Å²) in [5, 5.41) is 4.25. The molecule has 0 N–H and O–H groups in total. The van der Waals surface area contributed by atoms with Gasteiger partial charge in [0.2, 0.25) is 5.82 Å². The summed E-state index contributed by atoms with van der Waals surface area (Å²) < 4.78 is 15.8. The highest BCUT2D eigenvalue weighted by Gasteiger charge is 2.14. The standard InChI is InChI=1S/C20H15ClN4O3/c1-26-17-8-7-12(9-18(17)27-2)19-24-20(28-25-19)14(21)10-13-11-22-15-5-3-4-6-16(15)23-13/h3-11H,1-2H3/b14-10-. The van der Waals surface area contributed by atoms with E-state index in [-0.39, 0.29) is 10.9 Å². The second kappa shape index (κ2) is 7.66. The van der Waals surface area contributed by atoms with Gasteiger partial charge in [-0.3, -0.25) is 4.98 Å². The molecule has 4 rings (SSSR count). The van der Waals surface area contributed by atoms with Gasteiger partial charge in [0.05, 0.1) is 37.1 Å². The van der Waals surface area contributed by atoms with Crippen molar-refractivity contribution in [2.75, 3.05) is 14.2 Å². The molecule has 28 heavy (non-hydrogen) atoms. The summed E-state index contributed by atoms with van der Waals surface area (Å²) in [4.78, 5) is 13.2. The topological polar surface area (TPSA) is 83.2 Å². The van der Waals surface area contributed by atoms with E-state index >= 15 is 0 Å². The molecule has 140 valence electrons. The molecule has 4 aromatic rings. The Bertz CT molecular complexity index is 1170. The minimum absolute atomic E-state index is 0.182. The van der Waals surface area contributed by atoms with Gasteiger partial charge in [-0.1, -0.05) is 28.9 Å². The molecule has 0 bridgehead atoms. The molecule has 0 aliphatic rings. The van der Waals surface area contributed by atoms with Crippen molar-refractivity contribution >= 4 is 33.7 Å². The number of hydrogen-bond acceptors (Lipinski definition) is 7. The zero-order valence-corrected chi connectivity index (χ0v) is 15.8. The molecule has 2 aromatic carbocycles. The zero-order valence-electron chi connectivity index (χ0n) is 15.1. The Balaban J connectivity index is 1.63. The van der Waals surface area contributed by atoms with Crippen molar-refractivity contribution in [1.29, 1.82) is 0 Å². The van der Waals surface area contributed by atoms with Crippen LogP contribution in [0.2, 0.25) is 0 Å². The summed E-state index contributed by atoms with van der Waals surface area (Å²) in [5.41, 5.74) is 2.89. The summed E-state index contributed by atoms with van der Waals surface area (Å²) >= 11 is 6.35. The van der Waals surface area contributed by atoms with Gasteiger partial charge in [0.15, 0.2) is 11.5 Å². The number of para-hydroxylation sites is 2. The number of aromatic nitrogens is 4. The molecule has 7 nitrogen and oxygen atoms in total. The van der Waals surface area contributed by atoms with Crippen LogP contribution in [0.15, 0.2) is 53.2 Å². The van der Waals surface area contributed by atoms with Gasteiger partial charge >= 0.3 is 0 Å². The van der Waals surface area contributed by atoms with Gasteiger partial charge in [0, 0.05) is 5.56 Å². The number of rotatable bonds is 5. The first kappa shape index (κ1) is 17.9. The Kier molecular flexibility index (Phi) is 4.90. The third-order valence-corrected chi connectivity index (χ3v) is 4.28. The number of methoxy groups -OCH3 is 2. The lowest BCUT2D eigenvalue weighted by molar-refractivity contribution is 0.355. The van der Waals surface area contributed by atoms with Crippen molar-refractivity contribution in [2.45, 2.75) is 0 Å². The SMILES string of the molecule is COc1ccc(-c2noc(/C(Cl)=C/c3cnc4ccccc4n3)n2)cc1OC. The molecule has 0 saturated heterocycles. The van der Waals surface area contributed by atoms with E-state index in [1.54, 1.807) is 38.6 Å². The maximum Gasteiger partial charge on any atom is 0.269 e. The number of benzene rings is 2. The van der Waals surface area contributed by atoms with E-state index in [2.05, 4.69) is 20.1 Å². The van der Waals surface area contributed by atoms with Gasteiger partial charge in [-0.2, -0.15) is 4.98 Å². The van der Waals surface area contributed by atoms with Crippen molar-refractivity contribution in [3.8, 4) is 22.9 Å². The number of ether oxygens (including phenoxy) is 2. The number of halogens is 1. The van der Waals surface area contributed by atoms with Gasteiger partial charge in [0.1, 0.15) is 5.03 Å². The van der Waals surface area contributed by atoms with Crippen molar-refractivity contribution < 1.29 is 14.0 Å². The van der Waals surface area contributed by atoms with E-state index in [4.69, 9.17) is 25.6 Å². The second-order valence-corrected chi connectivity index (χ2v) is 6.18. The fourth-order valence-corrected chi connectivity index (χ4v) is 2.83. The predicted octanol–water partition coefficient (Wildman–Crippen LogP) is 4.43. The van der Waals surface area contributed by atoms with Gasteiger partial charge in [-0.15, -0.1) is 0 Å². The average molecular weight is 395 g/mol. The van der Waals surface area contributed by atoms with E-state index < -0.39 is 0 Å². The Hall–Kier alpha value is -3.45. The van der Waals surface area contributed by atoms with Crippen molar-refractivity contribution in [3.63, 3.8) is 0 Å². The third kappa shape index (κ3) is 3.52. The van der Waals surface area contributed by atoms with Crippen molar-refractivity contribution in [1.82, 2.24) is 20.1 Å². The number of fused-ring (bicyclic) bond motifs is 1. The first-order chi connectivity index (χ1) is 13.7. The molecule has 0 radical (unpaired) electrons. The van der Waals surface area contributed by atoms with Gasteiger partial charge in [-0.25, -0.2) is 4.98 Å². The number of hydrogen-bond donors (Lipinski definition) is 0. The second-order valence-electron chi connectivity index (χ2n) is 5.77. The van der Waals surface area contributed by atoms with E-state index in [9.17, 15) is 0 Å². The quantitative estimate of drug-likeness (QED) is 0.495. The lowest BCUT2D eigenvalue weighted by atomic mass is 10.2. The summed E-state index contributed by atoms with van der Waals surface area (Å²) in [6.45, 7) is 0. The van der Waals surface area contributed by atoms with Crippen LogP contribution in [-0.2, 0) is 0 Å². The maximum absolute atomic E-state index is 6.35. The zero-order chi connectivity index (χ0) is 19.5. The fourth-order valence-electron chi connectivity index (χ4n) is 2.65. The maximum atomic E-state index is 6.35. The highest BCUT2D eigenvalue weighted by atomic mass is 35.5. The van der Waals surface area contributed by atoms with Crippen molar-refractivity contribution in [2.24, 2.45) is 0 Å². The lowest BCUT2D eigenvalue weighted by Crippen LogP contribution is -1.91. The normalized spacial score (nSPS) is 11.6. The number of nitrogens with zero attached hydrogens (tertiary/aromatic N) is 4. The van der Waals surface area contributed by atoms with Crippen molar-refractivity contribution in [3.05, 3.63) is 60.2 Å². The molecule has 2 aromatic heterocycles. The molecule has 0 saturated carbocycles. The summed E-state index contributed by atoms with van der Waals surface area (Å²) in [7, 11) is 3.14. The Morgan fingerprint density at radius 2 is 1.79 bits per heavy atom. The van der Waals surface area contributed by atoms with Crippen LogP contribution in [0.5, 0.6) is 11.5 Å². The van der Waals surface area contributed by atoms with E-state index in [1.807, 2.05) is 30.3 Å². The van der Waals surface area contributed by atoms with Crippen LogP contribution in [0.1, 0.15) is 11.6 Å². The molecule has 0 unspecified atom stereocenters. The minimum Gasteiger partial charge on any atom is -0.493 e. The molecule has 0 spiro atoms. The summed E-state index contributed by atoms with van der Waals surface area (Å²) in [6.07, 6.45) is 3.27. The first-order valence-corrected chi connectivity index (χ1v) is 8.71. The third-order valence-electron chi connectivity index (χ3n) is 4.01. The van der Waals surface area contributed by atoms with Gasteiger partial charge < -0.3 is 14.0 Å². The van der Waals surface area contributed by atoms with Gasteiger partial charge in [-0.05, 0) is 36.4 Å². The molecule has 0 fully saturated rings. The molecule has 0 aliphatic carbocycles. The Labute approximate surface area is 165 Å². The smallest absolute Gasteiger partial charge is 0.269 e. The molecule has 8 heteroatoms. The van der Waals surface area contributed by atoms with Gasteiger partial charge in [0.25, 0.3) is 5.89 Å². The van der Waals surface area contributed by atoms with Crippen LogP contribution >= 0.6 is 11.6 Å². The molecular weight excluding hydrogens is 380 g/mol. The van der Waals surface area contributed by atoms with E-state index in [1.165, 1.54) is 0 Å². The predicted molar refractivity (Wildman–Crippen MR) is 106 cm³/mol. The minimum atomic E-state index is 0.182. The average Bonchev–Trinajstić information content (AvgIpc) is 3.23. The Morgan fingerprint density at radius 3 is 2.57 bits per heavy atom. The summed E-state index contributed by atoms with van der Waals surface area (Å²) in [6, 6.07) is 12.9. The largest absolute Gasteiger partial charge is 0.493 e. The van der Waals surface area contributed by atoms with Crippen LogP contribution in [-0.4, -0.2) is 34.3 Å². The highest BCUT2D eigenvalue weighted by molar-refractivity contribution is 6.50. The van der Waals surface area contributed by atoms with Crippen LogP contribution in [0.25, 0.3) is 33.5 Å². The monoisotopic (exact) mass is 394 g/mol. The molecule has 0 atom stereocenters. The fraction of sp³-hybridized carbons (Fsp3) is 0.100. The van der Waals surface area contributed by atoms with Crippen LogP contribution < -0.4 is 9.47 Å². The van der Waals surface area contributed by atoms with Crippen LogP contribution in [0, 0.1) is 0 Å². The first-order valence-electron chi connectivity index (χ1n) is 8.33. The molecule has 2 heterocycles. The summed E-state index contributed by atoms with van der Waals surface area (Å²) in [5.74, 6) is 1.75. The van der Waals surface area contributed by atoms with Crippen LogP contribution in [0.4, 0.5) is 0 Å². The lowest BCUT2D eigenvalue weighted by Gasteiger charge is -2.07. The highest BCUT2D eigenvalue weighted by Crippen LogP contribution is 2.32. The molecule has 0 amide bonds. The molecule has 0 aliphatic heterocycles. The van der Waals surface area contributed by atoms with E-state index in [0.29, 0.717) is 28.6 Å². The van der Waals surface area contributed by atoms with E-state index in [0.717, 1.165) is 11.0 Å².